The summed E-state index contributed by atoms with van der Waals surface area (Å²) >= 11 is 0. The van der Waals surface area contributed by atoms with Crippen LogP contribution in [-0.4, -0.2) is 17.6 Å². The molecule has 0 saturated heterocycles. The molecule has 2 saturated carbocycles. The maximum Gasteiger partial charge on any atom is 0.309 e. The lowest BCUT2D eigenvalue weighted by atomic mass is 9.69. The highest BCUT2D eigenvalue weighted by atomic mass is 16.4. The monoisotopic (exact) mass is 183 g/mol. The van der Waals surface area contributed by atoms with Gasteiger partial charge in [0.15, 0.2) is 0 Å². The van der Waals surface area contributed by atoms with Gasteiger partial charge in [-0.2, -0.15) is 0 Å². The number of carbonyl (C=O) groups is 1. The van der Waals surface area contributed by atoms with E-state index in [1.807, 2.05) is 0 Å². The standard InChI is InChI=1S/C10H17NO2/c11-7-9-2-1-3-10(6-9,5-4-9)8(12)13/h1-7,11H2,(H,12,13). The van der Waals surface area contributed by atoms with Crippen molar-refractivity contribution in [3.05, 3.63) is 0 Å². The number of aliphatic carboxylic acids is 1. The normalized spacial score (nSPS) is 43.5. The van der Waals surface area contributed by atoms with Gasteiger partial charge >= 0.3 is 5.97 Å². The molecule has 0 aromatic rings. The molecule has 13 heavy (non-hydrogen) atoms. The topological polar surface area (TPSA) is 63.3 Å². The van der Waals surface area contributed by atoms with E-state index in [9.17, 15) is 9.90 Å². The van der Waals surface area contributed by atoms with Crippen LogP contribution < -0.4 is 5.73 Å². The molecule has 3 nitrogen and oxygen atoms in total. The van der Waals surface area contributed by atoms with Gasteiger partial charge in [0.25, 0.3) is 0 Å². The summed E-state index contributed by atoms with van der Waals surface area (Å²) < 4.78 is 0. The van der Waals surface area contributed by atoms with Crippen LogP contribution in [0, 0.1) is 10.8 Å². The molecule has 0 spiro atoms. The van der Waals surface area contributed by atoms with Crippen molar-refractivity contribution in [3.63, 3.8) is 0 Å². The van der Waals surface area contributed by atoms with E-state index < -0.39 is 11.4 Å². The summed E-state index contributed by atoms with van der Waals surface area (Å²) in [5.74, 6) is -0.595. The van der Waals surface area contributed by atoms with Crippen LogP contribution in [0.3, 0.4) is 0 Å². The molecule has 74 valence electrons. The van der Waals surface area contributed by atoms with E-state index in [4.69, 9.17) is 5.73 Å². The predicted molar refractivity (Wildman–Crippen MR) is 49.3 cm³/mol. The van der Waals surface area contributed by atoms with Crippen molar-refractivity contribution in [1.29, 1.82) is 0 Å². The molecule has 0 aromatic carbocycles. The summed E-state index contributed by atoms with van der Waals surface area (Å²) in [6.07, 6.45) is 5.74. The van der Waals surface area contributed by atoms with Crippen molar-refractivity contribution in [2.45, 2.75) is 38.5 Å². The highest BCUT2D eigenvalue weighted by Crippen LogP contribution is 2.58. The van der Waals surface area contributed by atoms with Crippen molar-refractivity contribution in [1.82, 2.24) is 0 Å². The minimum atomic E-state index is -0.595. The Labute approximate surface area is 78.3 Å². The Kier molecular flexibility index (Phi) is 1.88. The molecular weight excluding hydrogens is 166 g/mol. The Morgan fingerprint density at radius 1 is 1.31 bits per heavy atom. The van der Waals surface area contributed by atoms with Gasteiger partial charge in [0, 0.05) is 0 Å². The zero-order valence-corrected chi connectivity index (χ0v) is 7.88. The van der Waals surface area contributed by atoms with E-state index in [-0.39, 0.29) is 5.41 Å². The van der Waals surface area contributed by atoms with Gasteiger partial charge in [-0.15, -0.1) is 0 Å². The second-order valence-electron chi connectivity index (χ2n) is 4.82. The van der Waals surface area contributed by atoms with E-state index in [0.29, 0.717) is 6.54 Å². The molecule has 0 amide bonds. The minimum Gasteiger partial charge on any atom is -0.481 e. The van der Waals surface area contributed by atoms with Gasteiger partial charge in [0.05, 0.1) is 5.41 Å². The lowest BCUT2D eigenvalue weighted by Gasteiger charge is -2.36. The fourth-order valence-corrected chi connectivity index (χ4v) is 3.19. The first-order valence-electron chi connectivity index (χ1n) is 5.06. The molecule has 2 rings (SSSR count). The third kappa shape index (κ3) is 1.17. The fourth-order valence-electron chi connectivity index (χ4n) is 3.19. The molecule has 3 N–H and O–H groups in total. The lowest BCUT2D eigenvalue weighted by Crippen LogP contribution is -2.37. The quantitative estimate of drug-likeness (QED) is 0.679. The Balaban J connectivity index is 2.23. The largest absolute Gasteiger partial charge is 0.481 e. The van der Waals surface area contributed by atoms with Crippen LogP contribution in [0.4, 0.5) is 0 Å². The number of carboxylic acids is 1. The van der Waals surface area contributed by atoms with Gasteiger partial charge in [-0.3, -0.25) is 4.79 Å². The molecule has 0 radical (unpaired) electrons. The summed E-state index contributed by atoms with van der Waals surface area (Å²) in [5, 5.41) is 9.18. The molecule has 2 unspecified atom stereocenters. The number of fused-ring (bicyclic) bond motifs is 2. The molecule has 2 aliphatic rings. The van der Waals surface area contributed by atoms with Crippen molar-refractivity contribution in [2.75, 3.05) is 6.54 Å². The van der Waals surface area contributed by atoms with Crippen LogP contribution in [0.25, 0.3) is 0 Å². The first-order valence-corrected chi connectivity index (χ1v) is 5.06. The van der Waals surface area contributed by atoms with Crippen molar-refractivity contribution in [3.8, 4) is 0 Å². The van der Waals surface area contributed by atoms with E-state index >= 15 is 0 Å². The third-order valence-electron chi connectivity index (χ3n) is 4.10. The average Bonchev–Trinajstić information content (AvgIpc) is 2.41. The molecular formula is C10H17NO2. The number of hydrogen-bond acceptors (Lipinski definition) is 2. The van der Waals surface area contributed by atoms with Crippen LogP contribution in [-0.2, 0) is 4.79 Å². The summed E-state index contributed by atoms with van der Waals surface area (Å²) in [5.41, 5.74) is 5.51. The number of nitrogens with two attached hydrogens (primary N) is 1. The zero-order chi connectivity index (χ0) is 9.53. The van der Waals surface area contributed by atoms with Gasteiger partial charge in [-0.05, 0) is 44.1 Å². The number of rotatable bonds is 2. The summed E-state index contributed by atoms with van der Waals surface area (Å²) in [4.78, 5) is 11.2. The number of hydrogen-bond donors (Lipinski definition) is 2. The Hall–Kier alpha value is -0.570. The molecule has 0 aromatic heterocycles. The maximum atomic E-state index is 11.2. The zero-order valence-electron chi connectivity index (χ0n) is 7.88. The highest BCUT2D eigenvalue weighted by molar-refractivity contribution is 5.75. The summed E-state index contributed by atoms with van der Waals surface area (Å²) in [6.45, 7) is 0.669. The predicted octanol–water partition coefficient (Wildman–Crippen LogP) is 1.37. The molecule has 2 fully saturated rings. The molecule has 0 aliphatic heterocycles. The molecule has 2 aliphatic carbocycles. The molecule has 2 bridgehead atoms. The first kappa shape index (κ1) is 9.00. The van der Waals surface area contributed by atoms with Crippen molar-refractivity contribution >= 4 is 5.97 Å². The second-order valence-corrected chi connectivity index (χ2v) is 4.82. The van der Waals surface area contributed by atoms with E-state index in [0.717, 1.165) is 38.5 Å². The van der Waals surface area contributed by atoms with Crippen LogP contribution in [0.5, 0.6) is 0 Å². The number of carboxylic acid groups (broad SMARTS) is 1. The molecule has 2 atom stereocenters. The van der Waals surface area contributed by atoms with Gasteiger partial charge in [0.1, 0.15) is 0 Å². The smallest absolute Gasteiger partial charge is 0.309 e. The maximum absolute atomic E-state index is 11.2. The van der Waals surface area contributed by atoms with E-state index in [2.05, 4.69) is 0 Å². The Morgan fingerprint density at radius 2 is 2.08 bits per heavy atom. The first-order chi connectivity index (χ1) is 6.13. The van der Waals surface area contributed by atoms with E-state index in [1.54, 1.807) is 0 Å². The second kappa shape index (κ2) is 2.71. The van der Waals surface area contributed by atoms with Gasteiger partial charge < -0.3 is 10.8 Å². The Bertz CT molecular complexity index is 241. The summed E-state index contributed by atoms with van der Waals surface area (Å²) in [7, 11) is 0. The van der Waals surface area contributed by atoms with Gasteiger partial charge in [-0.25, -0.2) is 0 Å². The average molecular weight is 183 g/mol. The Morgan fingerprint density at radius 3 is 2.69 bits per heavy atom. The lowest BCUT2D eigenvalue weighted by molar-refractivity contribution is -0.150. The third-order valence-corrected chi connectivity index (χ3v) is 4.10. The van der Waals surface area contributed by atoms with Crippen LogP contribution in [0.15, 0.2) is 0 Å². The van der Waals surface area contributed by atoms with Crippen molar-refractivity contribution < 1.29 is 9.90 Å². The van der Waals surface area contributed by atoms with E-state index in [1.165, 1.54) is 0 Å². The van der Waals surface area contributed by atoms with Crippen LogP contribution in [0.1, 0.15) is 38.5 Å². The SMILES string of the molecule is NCC12CCCC(C(=O)O)(CC1)C2. The molecule has 3 heteroatoms. The highest BCUT2D eigenvalue weighted by Gasteiger charge is 2.54. The van der Waals surface area contributed by atoms with Crippen LogP contribution >= 0.6 is 0 Å². The molecule has 0 heterocycles. The summed E-state index contributed by atoms with van der Waals surface area (Å²) in [6, 6.07) is 0. The van der Waals surface area contributed by atoms with Crippen molar-refractivity contribution in [2.24, 2.45) is 16.6 Å². The van der Waals surface area contributed by atoms with Gasteiger partial charge in [-0.1, -0.05) is 6.42 Å². The van der Waals surface area contributed by atoms with Crippen LogP contribution in [0.2, 0.25) is 0 Å². The van der Waals surface area contributed by atoms with Gasteiger partial charge in [0.2, 0.25) is 0 Å². The fraction of sp³-hybridized carbons (Fsp3) is 0.900. The minimum absolute atomic E-state index is 0.177.